The van der Waals surface area contributed by atoms with Crippen LogP contribution in [-0.2, 0) is 9.73 Å². The van der Waals surface area contributed by atoms with Crippen LogP contribution in [0.2, 0.25) is 0 Å². The molecule has 0 bridgehead atoms. The van der Waals surface area contributed by atoms with Gasteiger partial charge in [0, 0.05) is 12.5 Å². The molecule has 60 valence electrons. The van der Waals surface area contributed by atoms with Gasteiger partial charge in [0.05, 0.1) is 21.6 Å². The predicted octanol–water partition coefficient (Wildman–Crippen LogP) is 0.820. The summed E-state index contributed by atoms with van der Waals surface area (Å²) in [5, 5.41) is 0.248. The van der Waals surface area contributed by atoms with E-state index in [4.69, 9.17) is 4.78 Å². The van der Waals surface area contributed by atoms with Crippen LogP contribution in [0.3, 0.4) is 0 Å². The Balaban J connectivity index is 3.28. The van der Waals surface area contributed by atoms with Crippen LogP contribution in [0.25, 0.3) is 0 Å². The quantitative estimate of drug-likeness (QED) is 0.680. The molecule has 0 saturated heterocycles. The molecular weight excluding hydrogens is 162 g/mol. The fraction of sp³-hybridized carbons (Fsp3) is 0.333. The third kappa shape index (κ3) is 1.98. The monoisotopic (exact) mass is 171 g/mol. The maximum atomic E-state index is 11.1. The number of hydrogen-bond donors (Lipinski definition) is 1. The number of rotatable bonds is 1. The highest BCUT2D eigenvalue weighted by Gasteiger charge is 2.03. The van der Waals surface area contributed by atoms with Crippen molar-refractivity contribution in [1.29, 1.82) is 4.78 Å². The summed E-state index contributed by atoms with van der Waals surface area (Å²) in [5.41, 5.74) is 0.685. The Morgan fingerprint density at radius 3 is 2.55 bits per heavy atom. The van der Waals surface area contributed by atoms with E-state index >= 15 is 0 Å². The lowest BCUT2D eigenvalue weighted by molar-refractivity contribution is 0.674. The molecule has 1 rings (SSSR count). The first kappa shape index (κ1) is 8.13. The van der Waals surface area contributed by atoms with Gasteiger partial charge in [-0.2, -0.15) is 0 Å². The number of nitrogens with one attached hydrogen (secondary N) is 1. The van der Waals surface area contributed by atoms with Crippen LogP contribution < -0.4 is 0 Å². The highest BCUT2D eigenvalue weighted by atomic mass is 32.2. The third-order valence-corrected chi connectivity index (χ3v) is 2.13. The average molecular weight is 171 g/mol. The van der Waals surface area contributed by atoms with Gasteiger partial charge >= 0.3 is 0 Å². The maximum absolute atomic E-state index is 11.1. The molecule has 4 nitrogen and oxygen atoms in total. The van der Waals surface area contributed by atoms with E-state index in [2.05, 4.69) is 9.97 Å². The van der Waals surface area contributed by atoms with Crippen LogP contribution in [0.5, 0.6) is 0 Å². The van der Waals surface area contributed by atoms with Gasteiger partial charge in [0.2, 0.25) is 0 Å². The zero-order valence-corrected chi connectivity index (χ0v) is 7.18. The van der Waals surface area contributed by atoms with Gasteiger partial charge in [0.25, 0.3) is 0 Å². The zero-order chi connectivity index (χ0) is 8.48. The minimum absolute atomic E-state index is 0.248. The van der Waals surface area contributed by atoms with Gasteiger partial charge in [-0.25, -0.2) is 14.0 Å². The molecule has 5 heteroatoms. The summed E-state index contributed by atoms with van der Waals surface area (Å²) >= 11 is 0. The van der Waals surface area contributed by atoms with E-state index in [1.54, 1.807) is 13.1 Å². The fourth-order valence-electron chi connectivity index (χ4n) is 0.628. The second-order valence-corrected chi connectivity index (χ2v) is 4.45. The molecule has 0 fully saturated rings. The first-order valence-electron chi connectivity index (χ1n) is 3.02. The summed E-state index contributed by atoms with van der Waals surface area (Å²) in [6.45, 7) is 1.75. The van der Waals surface area contributed by atoms with Crippen LogP contribution in [-0.4, -0.2) is 20.4 Å². The van der Waals surface area contributed by atoms with Crippen LogP contribution in [0.4, 0.5) is 0 Å². The van der Waals surface area contributed by atoms with Crippen LogP contribution in [0.1, 0.15) is 5.69 Å². The Bertz CT molecular complexity index is 358. The fourth-order valence-corrected chi connectivity index (χ4v) is 1.21. The largest absolute Gasteiger partial charge is 0.260 e. The Morgan fingerprint density at radius 2 is 2.18 bits per heavy atom. The van der Waals surface area contributed by atoms with Gasteiger partial charge in [0.15, 0.2) is 5.03 Å². The van der Waals surface area contributed by atoms with E-state index in [1.165, 1.54) is 12.5 Å². The van der Waals surface area contributed by atoms with Crippen molar-refractivity contribution in [2.24, 2.45) is 0 Å². The lowest BCUT2D eigenvalue weighted by atomic mass is 10.5. The smallest absolute Gasteiger partial charge is 0.153 e. The molecule has 1 heterocycles. The van der Waals surface area contributed by atoms with E-state index < -0.39 is 9.73 Å². The van der Waals surface area contributed by atoms with Gasteiger partial charge in [-0.3, -0.25) is 4.98 Å². The van der Waals surface area contributed by atoms with E-state index in [-0.39, 0.29) is 5.03 Å². The number of aromatic nitrogens is 2. The molecule has 0 saturated carbocycles. The second kappa shape index (κ2) is 2.58. The van der Waals surface area contributed by atoms with Gasteiger partial charge in [-0.05, 0) is 6.92 Å². The maximum Gasteiger partial charge on any atom is 0.153 e. The van der Waals surface area contributed by atoms with Crippen molar-refractivity contribution in [3.05, 3.63) is 18.1 Å². The molecular formula is C6H9N3OS. The van der Waals surface area contributed by atoms with Gasteiger partial charge < -0.3 is 0 Å². The zero-order valence-electron chi connectivity index (χ0n) is 6.37. The van der Waals surface area contributed by atoms with Gasteiger partial charge in [-0.1, -0.05) is 0 Å². The molecule has 1 aromatic heterocycles. The molecule has 1 N–H and O–H groups in total. The van der Waals surface area contributed by atoms with E-state index in [1.807, 2.05) is 0 Å². The average Bonchev–Trinajstić information content (AvgIpc) is 1.86. The molecule has 0 spiro atoms. The van der Waals surface area contributed by atoms with Gasteiger partial charge in [0.1, 0.15) is 0 Å². The lowest BCUT2D eigenvalue weighted by Crippen LogP contribution is -2.00. The highest BCUT2D eigenvalue weighted by molar-refractivity contribution is 7.91. The molecule has 0 aliphatic heterocycles. The van der Waals surface area contributed by atoms with Crippen molar-refractivity contribution in [3.8, 4) is 0 Å². The minimum atomic E-state index is -2.70. The summed E-state index contributed by atoms with van der Waals surface area (Å²) in [7, 11) is -2.70. The first-order valence-corrected chi connectivity index (χ1v) is 4.99. The molecule has 11 heavy (non-hydrogen) atoms. The van der Waals surface area contributed by atoms with Crippen molar-refractivity contribution >= 4 is 9.73 Å². The normalized spacial score (nSPS) is 15.8. The molecule has 0 amide bonds. The highest BCUT2D eigenvalue weighted by Crippen LogP contribution is 2.03. The van der Waals surface area contributed by atoms with Crippen LogP contribution >= 0.6 is 0 Å². The van der Waals surface area contributed by atoms with E-state index in [0.29, 0.717) is 5.69 Å². The minimum Gasteiger partial charge on any atom is -0.260 e. The summed E-state index contributed by atoms with van der Waals surface area (Å²) in [5.74, 6) is 0. The van der Waals surface area contributed by atoms with Crippen molar-refractivity contribution in [2.45, 2.75) is 11.9 Å². The van der Waals surface area contributed by atoms with E-state index in [9.17, 15) is 4.21 Å². The number of nitrogens with zero attached hydrogens (tertiary/aromatic N) is 2. The lowest BCUT2D eigenvalue weighted by Gasteiger charge is -1.98. The summed E-state index contributed by atoms with van der Waals surface area (Å²) in [6.07, 6.45) is 4.26. The molecule has 1 atom stereocenters. The van der Waals surface area contributed by atoms with Crippen molar-refractivity contribution in [2.75, 3.05) is 6.26 Å². The molecule has 0 aromatic carbocycles. The SMILES string of the molecule is Cc1cncc(S(C)(=N)=O)n1. The van der Waals surface area contributed by atoms with Crippen molar-refractivity contribution in [1.82, 2.24) is 9.97 Å². The molecule has 0 aliphatic carbocycles. The van der Waals surface area contributed by atoms with Crippen LogP contribution in [0, 0.1) is 11.7 Å². The van der Waals surface area contributed by atoms with Crippen LogP contribution in [0.15, 0.2) is 17.4 Å². The third-order valence-electron chi connectivity index (χ3n) is 1.13. The van der Waals surface area contributed by atoms with Crippen molar-refractivity contribution in [3.63, 3.8) is 0 Å². The second-order valence-electron chi connectivity index (χ2n) is 2.34. The Morgan fingerprint density at radius 1 is 1.55 bits per heavy atom. The standard InChI is InChI=1S/C6H9N3OS/c1-5-3-8-4-6(9-5)11(2,7)10/h3-4,7H,1-2H3. The Kier molecular flexibility index (Phi) is 1.90. The first-order chi connectivity index (χ1) is 5.00. The van der Waals surface area contributed by atoms with Crippen molar-refractivity contribution < 1.29 is 4.21 Å². The van der Waals surface area contributed by atoms with E-state index in [0.717, 1.165) is 0 Å². The summed E-state index contributed by atoms with van der Waals surface area (Å²) in [6, 6.07) is 0. The Hall–Kier alpha value is -0.970. The number of aryl methyl sites for hydroxylation is 1. The molecule has 0 aliphatic rings. The summed E-state index contributed by atoms with van der Waals surface area (Å²) < 4.78 is 18.3. The molecule has 1 unspecified atom stereocenters. The molecule has 0 radical (unpaired) electrons. The van der Waals surface area contributed by atoms with Gasteiger partial charge in [-0.15, -0.1) is 0 Å². The summed E-state index contributed by atoms with van der Waals surface area (Å²) in [4.78, 5) is 7.71. The topological polar surface area (TPSA) is 66.7 Å². The number of hydrogen-bond acceptors (Lipinski definition) is 4. The predicted molar refractivity (Wildman–Crippen MR) is 41.8 cm³/mol. The molecule has 1 aromatic rings. The Labute approximate surface area is 65.7 Å².